The molecule has 1 aromatic rings. The Labute approximate surface area is 345 Å². The van der Waals surface area contributed by atoms with Crippen LogP contribution in [0.1, 0.15) is 63.9 Å². The number of carbonyl (C=O) groups is 8. The Morgan fingerprint density at radius 1 is 0.800 bits per heavy atom. The van der Waals surface area contributed by atoms with Gasteiger partial charge in [-0.3, -0.25) is 38.6 Å². The van der Waals surface area contributed by atoms with Crippen molar-refractivity contribution in [3.8, 4) is 5.75 Å². The van der Waals surface area contributed by atoms with E-state index < -0.39 is 109 Å². The number of aliphatic hydroxyl groups is 2. The van der Waals surface area contributed by atoms with Crippen molar-refractivity contribution >= 4 is 53.3 Å². The molecular weight excluding hydrogens is 792 g/mol. The summed E-state index contributed by atoms with van der Waals surface area (Å²) in [5.41, 5.74) is 17.1. The molecule has 0 aliphatic carbocycles. The molecule has 2 fully saturated rings. The summed E-state index contributed by atoms with van der Waals surface area (Å²) in [6.07, 6.45) is -1.18. The lowest BCUT2D eigenvalue weighted by Crippen LogP contribution is -2.61. The highest BCUT2D eigenvalue weighted by molar-refractivity contribution is 5.97. The van der Waals surface area contributed by atoms with E-state index in [4.69, 9.17) is 17.2 Å². The van der Waals surface area contributed by atoms with Crippen LogP contribution < -0.4 is 38.5 Å². The number of nitrogens with two attached hydrogens (primary N) is 3. The molecule has 6 amide bonds. The standard InChI is InChI=1S/C37H56N10O13/c1-19(49)29(45-33(56)27-7-3-15-46(27)34(57)23(12-13-28(51)52)42-30(53)22(38)5-2-14-41-37(39)40)35(58)47-16-4-6-26(47)32(55)44-25(18-48)31(54)43-24(36(59)60)17-20-8-10-21(50)11-9-20/h8-11,19,22-27,29,48-50H,2-7,12-18,38H2,1H3,(H,42,53)(H,43,54)(H,44,55)(H,45,56)(H,51,52)(H,59,60)(H4,39,40,41)/t19-,22+,23+,24+,25+,26+,27+,29+/m1/s1. The molecule has 15 N–H and O–H groups in total. The van der Waals surface area contributed by atoms with Gasteiger partial charge in [0.15, 0.2) is 5.96 Å². The minimum absolute atomic E-state index is 0.00906. The largest absolute Gasteiger partial charge is 0.508 e. The van der Waals surface area contributed by atoms with Crippen LogP contribution in [0.25, 0.3) is 0 Å². The van der Waals surface area contributed by atoms with Gasteiger partial charge in [0.25, 0.3) is 0 Å². The normalized spacial score (nSPS) is 19.1. The van der Waals surface area contributed by atoms with Gasteiger partial charge in [0.2, 0.25) is 35.4 Å². The third-order valence-corrected chi connectivity index (χ3v) is 10.1. The second-order valence-corrected chi connectivity index (χ2v) is 14.7. The first kappa shape index (κ1) is 48.3. The van der Waals surface area contributed by atoms with Crippen LogP contribution in [-0.2, 0) is 44.8 Å². The van der Waals surface area contributed by atoms with Crippen molar-refractivity contribution < 1.29 is 63.9 Å². The van der Waals surface area contributed by atoms with Gasteiger partial charge < -0.3 is 73.8 Å². The summed E-state index contributed by atoms with van der Waals surface area (Å²) < 4.78 is 0. The number of hydrogen-bond donors (Lipinski definition) is 12. The number of phenols is 1. The zero-order valence-corrected chi connectivity index (χ0v) is 33.2. The molecule has 0 radical (unpaired) electrons. The first-order chi connectivity index (χ1) is 28.3. The number of phenolic OH excluding ortho intramolecular Hbond substituents is 1. The first-order valence-electron chi connectivity index (χ1n) is 19.5. The molecule has 2 aliphatic heterocycles. The molecule has 332 valence electrons. The van der Waals surface area contributed by atoms with Crippen molar-refractivity contribution in [2.45, 2.75) is 113 Å². The lowest BCUT2D eigenvalue weighted by molar-refractivity contribution is -0.147. The van der Waals surface area contributed by atoms with Crippen LogP contribution in [0.15, 0.2) is 29.3 Å². The van der Waals surface area contributed by atoms with E-state index in [1.165, 1.54) is 31.2 Å². The van der Waals surface area contributed by atoms with Gasteiger partial charge in [0.05, 0.1) is 18.8 Å². The van der Waals surface area contributed by atoms with E-state index >= 15 is 0 Å². The zero-order chi connectivity index (χ0) is 44.7. The van der Waals surface area contributed by atoms with Gasteiger partial charge in [-0.25, -0.2) is 4.79 Å². The van der Waals surface area contributed by atoms with Gasteiger partial charge in [0, 0.05) is 32.5 Å². The van der Waals surface area contributed by atoms with Gasteiger partial charge in [-0.15, -0.1) is 0 Å². The summed E-state index contributed by atoms with van der Waals surface area (Å²) >= 11 is 0. The highest BCUT2D eigenvalue weighted by Gasteiger charge is 2.43. The molecular formula is C37H56N10O13. The van der Waals surface area contributed by atoms with Crippen LogP contribution in [0.5, 0.6) is 5.75 Å². The Balaban J connectivity index is 1.68. The van der Waals surface area contributed by atoms with Gasteiger partial charge in [-0.05, 0) is 69.6 Å². The van der Waals surface area contributed by atoms with Crippen LogP contribution in [0.4, 0.5) is 0 Å². The third kappa shape index (κ3) is 14.0. The average molecular weight is 849 g/mol. The second kappa shape index (κ2) is 22.9. The van der Waals surface area contributed by atoms with E-state index in [1.807, 2.05) is 0 Å². The minimum atomic E-state index is -1.62. The Morgan fingerprint density at radius 3 is 1.90 bits per heavy atom. The maximum atomic E-state index is 13.9. The number of rotatable bonds is 22. The molecule has 2 saturated heterocycles. The van der Waals surface area contributed by atoms with E-state index in [0.717, 1.165) is 9.80 Å². The Bertz CT molecular complexity index is 1740. The zero-order valence-electron chi connectivity index (χ0n) is 33.2. The Morgan fingerprint density at radius 2 is 1.37 bits per heavy atom. The number of carboxylic acid groups (broad SMARTS) is 2. The number of nitrogens with zero attached hydrogens (tertiary/aromatic N) is 3. The molecule has 23 nitrogen and oxygen atoms in total. The van der Waals surface area contributed by atoms with Crippen molar-refractivity contribution in [2.75, 3.05) is 26.2 Å². The quantitative estimate of drug-likeness (QED) is 0.0297. The number of hydrogen-bond acceptors (Lipinski definition) is 13. The molecule has 2 aliphatic rings. The van der Waals surface area contributed by atoms with E-state index in [9.17, 15) is 63.9 Å². The SMILES string of the molecule is C[C@@H](O)[C@H](NC(=O)[C@@H]1CCCN1C(=O)[C@H](CCC(=O)O)NC(=O)[C@@H](N)CCCN=C(N)N)C(=O)N1CCC[C@H]1C(=O)N[C@@H](CO)C(=O)N[C@@H](Cc1ccc(O)cc1)C(=O)O. The molecule has 60 heavy (non-hydrogen) atoms. The molecule has 0 saturated carbocycles. The number of carboxylic acids is 2. The summed E-state index contributed by atoms with van der Waals surface area (Å²) in [7, 11) is 0. The Hall–Kier alpha value is -6.07. The van der Waals surface area contributed by atoms with Crippen LogP contribution in [0.3, 0.4) is 0 Å². The fourth-order valence-corrected chi connectivity index (χ4v) is 6.88. The lowest BCUT2D eigenvalue weighted by atomic mass is 10.1. The number of likely N-dealkylation sites (tertiary alicyclic amines) is 2. The van der Waals surface area contributed by atoms with E-state index in [2.05, 4.69) is 26.3 Å². The van der Waals surface area contributed by atoms with E-state index in [-0.39, 0.29) is 63.4 Å². The van der Waals surface area contributed by atoms with Crippen LogP contribution in [0.2, 0.25) is 0 Å². The number of benzene rings is 1. The maximum absolute atomic E-state index is 13.9. The average Bonchev–Trinajstić information content (AvgIpc) is 3.90. The number of nitrogens with one attached hydrogen (secondary N) is 4. The van der Waals surface area contributed by atoms with Crippen molar-refractivity contribution in [3.63, 3.8) is 0 Å². The molecule has 0 aromatic heterocycles. The number of carbonyl (C=O) groups excluding carboxylic acids is 6. The minimum Gasteiger partial charge on any atom is -0.508 e. The predicted molar refractivity (Wildman–Crippen MR) is 210 cm³/mol. The molecule has 3 rings (SSSR count). The van der Waals surface area contributed by atoms with Crippen molar-refractivity contribution in [1.82, 2.24) is 31.1 Å². The number of guanidine groups is 1. The molecule has 0 unspecified atom stereocenters. The number of aliphatic hydroxyl groups excluding tert-OH is 2. The number of amides is 6. The number of aromatic hydroxyl groups is 1. The summed E-state index contributed by atoms with van der Waals surface area (Å²) in [5.74, 6) is -7.93. The summed E-state index contributed by atoms with van der Waals surface area (Å²) in [6, 6.07) is -3.97. The maximum Gasteiger partial charge on any atom is 0.326 e. The number of aliphatic carboxylic acids is 2. The monoisotopic (exact) mass is 848 g/mol. The molecule has 0 bridgehead atoms. The van der Waals surface area contributed by atoms with Crippen molar-refractivity contribution in [1.29, 1.82) is 0 Å². The van der Waals surface area contributed by atoms with Gasteiger partial charge >= 0.3 is 11.9 Å². The second-order valence-electron chi connectivity index (χ2n) is 14.7. The van der Waals surface area contributed by atoms with Crippen molar-refractivity contribution in [3.05, 3.63) is 29.8 Å². The first-order valence-corrected chi connectivity index (χ1v) is 19.5. The van der Waals surface area contributed by atoms with E-state index in [0.29, 0.717) is 24.8 Å². The number of aliphatic imine (C=N–C) groups is 1. The van der Waals surface area contributed by atoms with E-state index in [1.54, 1.807) is 0 Å². The topological polar surface area (TPSA) is 383 Å². The molecule has 2 heterocycles. The molecule has 23 heteroatoms. The highest BCUT2D eigenvalue weighted by Crippen LogP contribution is 2.23. The third-order valence-electron chi connectivity index (χ3n) is 10.1. The fraction of sp³-hybridized carbons (Fsp3) is 0.595. The lowest BCUT2D eigenvalue weighted by Gasteiger charge is -2.33. The fourth-order valence-electron chi connectivity index (χ4n) is 6.88. The van der Waals surface area contributed by atoms with Gasteiger partial charge in [-0.1, -0.05) is 12.1 Å². The summed E-state index contributed by atoms with van der Waals surface area (Å²) in [6.45, 7) is 0.552. The van der Waals surface area contributed by atoms with Gasteiger partial charge in [0.1, 0.15) is 42.0 Å². The summed E-state index contributed by atoms with van der Waals surface area (Å²) in [5, 5.41) is 58.7. The van der Waals surface area contributed by atoms with Crippen molar-refractivity contribution in [2.24, 2.45) is 22.2 Å². The van der Waals surface area contributed by atoms with Crippen LogP contribution in [-0.4, -0.2) is 163 Å². The van der Waals surface area contributed by atoms with Crippen LogP contribution >= 0.6 is 0 Å². The highest BCUT2D eigenvalue weighted by atomic mass is 16.4. The summed E-state index contributed by atoms with van der Waals surface area (Å²) in [4.78, 5) is 110. The van der Waals surface area contributed by atoms with Crippen LogP contribution in [0, 0.1) is 0 Å². The smallest absolute Gasteiger partial charge is 0.326 e. The Kier molecular flexibility index (Phi) is 18.4. The predicted octanol–water partition coefficient (Wildman–Crippen LogP) is -4.44. The van der Waals surface area contributed by atoms with Gasteiger partial charge in [-0.2, -0.15) is 0 Å². The molecule has 0 spiro atoms. The molecule has 8 atom stereocenters. The molecule has 1 aromatic carbocycles.